The first-order valence-electron chi connectivity index (χ1n) is 12.2. The number of benzene rings is 2. The van der Waals surface area contributed by atoms with Crippen LogP contribution in [0.4, 0.5) is 11.4 Å². The number of esters is 1. The topological polar surface area (TPSA) is 167 Å². The number of hydrogen-bond donors (Lipinski definition) is 3. The van der Waals surface area contributed by atoms with Gasteiger partial charge in [0.1, 0.15) is 23.2 Å². The lowest BCUT2D eigenvalue weighted by atomic mass is 9.99. The van der Waals surface area contributed by atoms with Crippen LogP contribution in [0.5, 0.6) is 5.75 Å². The van der Waals surface area contributed by atoms with Crippen LogP contribution in [0.2, 0.25) is 0 Å². The van der Waals surface area contributed by atoms with Gasteiger partial charge in [-0.05, 0) is 74.1 Å². The van der Waals surface area contributed by atoms with Gasteiger partial charge in [-0.25, -0.2) is 0 Å². The molecular formula is C27H31N5O6S. The summed E-state index contributed by atoms with van der Waals surface area (Å²) in [5, 5.41) is 2.58. The third-order valence-corrected chi connectivity index (χ3v) is 6.79. The highest BCUT2D eigenvalue weighted by Gasteiger charge is 2.37. The van der Waals surface area contributed by atoms with E-state index in [-0.39, 0.29) is 22.9 Å². The Hall–Kier alpha value is -4.45. The van der Waals surface area contributed by atoms with Crippen molar-refractivity contribution >= 4 is 46.6 Å². The Morgan fingerprint density at radius 3 is 2.33 bits per heavy atom. The summed E-state index contributed by atoms with van der Waals surface area (Å²) in [6.07, 6.45) is 0. The van der Waals surface area contributed by atoms with Crippen molar-refractivity contribution in [2.24, 2.45) is 5.73 Å². The van der Waals surface area contributed by atoms with Crippen LogP contribution in [0.25, 0.3) is 0 Å². The molecule has 0 aliphatic rings. The molecule has 0 fully saturated rings. The van der Waals surface area contributed by atoms with Crippen LogP contribution in [-0.4, -0.2) is 47.8 Å². The Kier molecular flexibility index (Phi) is 9.61. The van der Waals surface area contributed by atoms with Crippen molar-refractivity contribution in [3.05, 3.63) is 69.7 Å². The van der Waals surface area contributed by atoms with Crippen molar-refractivity contribution < 1.29 is 28.7 Å². The number of aromatic nitrogens is 1. The van der Waals surface area contributed by atoms with Gasteiger partial charge in [-0.3, -0.25) is 24.1 Å². The quantitative estimate of drug-likeness (QED) is 0.305. The van der Waals surface area contributed by atoms with Crippen molar-refractivity contribution in [1.82, 2.24) is 9.69 Å². The fourth-order valence-corrected chi connectivity index (χ4v) is 4.64. The van der Waals surface area contributed by atoms with Crippen LogP contribution < -0.4 is 26.4 Å². The summed E-state index contributed by atoms with van der Waals surface area (Å²) in [6, 6.07) is 10.8. The molecule has 39 heavy (non-hydrogen) atoms. The fourth-order valence-electron chi connectivity index (χ4n) is 3.90. The van der Waals surface area contributed by atoms with Crippen molar-refractivity contribution in [3.63, 3.8) is 0 Å². The third-order valence-electron chi connectivity index (χ3n) is 5.94. The molecule has 0 saturated carbocycles. The van der Waals surface area contributed by atoms with Crippen LogP contribution >= 0.6 is 11.5 Å². The standard InChI is InChI=1S/C27H31N5O6S/c1-5-37-18-12-10-17(11-13-18)23(26(35)30-14-20(33)38-6-2)32(19-9-7-8-15(3)16(19)4)27(36)24-21(28)22(25(29)34)31-39-24/h7-13,23H,5-6,14,28H2,1-4H3,(H2,29,34)(H,30,35)/t23-/m0/s1. The zero-order valence-corrected chi connectivity index (χ0v) is 23.0. The number of ether oxygens (including phenoxy) is 2. The number of nitrogen functional groups attached to an aromatic ring is 1. The lowest BCUT2D eigenvalue weighted by molar-refractivity contribution is -0.143. The molecule has 2 aromatic carbocycles. The molecule has 1 aromatic heterocycles. The predicted octanol–water partition coefficient (Wildman–Crippen LogP) is 2.91. The Labute approximate surface area is 230 Å². The molecule has 0 aliphatic carbocycles. The monoisotopic (exact) mass is 553 g/mol. The highest BCUT2D eigenvalue weighted by molar-refractivity contribution is 7.09. The zero-order valence-electron chi connectivity index (χ0n) is 22.1. The second kappa shape index (κ2) is 12.9. The maximum Gasteiger partial charge on any atom is 0.325 e. The fraction of sp³-hybridized carbons (Fsp3) is 0.296. The first-order chi connectivity index (χ1) is 18.6. The first kappa shape index (κ1) is 29.1. The number of aryl methyl sites for hydroxylation is 1. The van der Waals surface area contributed by atoms with Gasteiger partial charge in [0.05, 0.1) is 18.9 Å². The van der Waals surface area contributed by atoms with Crippen molar-refractivity contribution in [2.45, 2.75) is 33.7 Å². The number of nitrogens with two attached hydrogens (primary N) is 2. The van der Waals surface area contributed by atoms with Crippen molar-refractivity contribution in [1.29, 1.82) is 0 Å². The van der Waals surface area contributed by atoms with Crippen LogP contribution in [-0.2, 0) is 14.3 Å². The van der Waals surface area contributed by atoms with E-state index in [1.807, 2.05) is 26.8 Å². The molecule has 0 aliphatic heterocycles. The van der Waals surface area contributed by atoms with E-state index < -0.39 is 36.3 Å². The largest absolute Gasteiger partial charge is 0.494 e. The maximum atomic E-state index is 14.2. The molecule has 0 radical (unpaired) electrons. The molecule has 1 atom stereocenters. The van der Waals surface area contributed by atoms with Gasteiger partial charge >= 0.3 is 5.97 Å². The van der Waals surface area contributed by atoms with Gasteiger partial charge in [-0.1, -0.05) is 24.3 Å². The first-order valence-corrected chi connectivity index (χ1v) is 13.0. The number of carbonyl (C=O) groups is 4. The number of nitrogens with one attached hydrogen (secondary N) is 1. The van der Waals surface area contributed by atoms with Gasteiger partial charge in [0.15, 0.2) is 5.69 Å². The molecule has 12 heteroatoms. The van der Waals surface area contributed by atoms with Crippen LogP contribution in [0, 0.1) is 13.8 Å². The van der Waals surface area contributed by atoms with Gasteiger partial charge < -0.3 is 26.3 Å². The molecule has 11 nitrogen and oxygen atoms in total. The smallest absolute Gasteiger partial charge is 0.325 e. The van der Waals surface area contributed by atoms with Crippen LogP contribution in [0.15, 0.2) is 42.5 Å². The van der Waals surface area contributed by atoms with E-state index in [1.54, 1.807) is 43.3 Å². The molecule has 1 heterocycles. The Bertz CT molecular complexity index is 1370. The molecule has 3 aromatic rings. The van der Waals surface area contributed by atoms with E-state index >= 15 is 0 Å². The minimum Gasteiger partial charge on any atom is -0.494 e. The molecule has 3 amide bonds. The maximum absolute atomic E-state index is 14.2. The van der Waals surface area contributed by atoms with E-state index in [1.165, 1.54) is 4.90 Å². The molecule has 0 bridgehead atoms. The average molecular weight is 554 g/mol. The van der Waals surface area contributed by atoms with Gasteiger partial charge in [-0.2, -0.15) is 4.37 Å². The van der Waals surface area contributed by atoms with Gasteiger partial charge in [-0.15, -0.1) is 0 Å². The molecule has 0 saturated heterocycles. The number of carbonyl (C=O) groups excluding carboxylic acids is 4. The summed E-state index contributed by atoms with van der Waals surface area (Å²) in [7, 11) is 0. The van der Waals surface area contributed by atoms with Gasteiger partial charge in [0.2, 0.25) is 5.91 Å². The summed E-state index contributed by atoms with van der Waals surface area (Å²) >= 11 is 0.711. The minimum absolute atomic E-state index is 0.0566. The Morgan fingerprint density at radius 2 is 1.74 bits per heavy atom. The molecular weight excluding hydrogens is 522 g/mol. The lowest BCUT2D eigenvalue weighted by Crippen LogP contribution is -2.45. The second-order valence-electron chi connectivity index (χ2n) is 8.46. The molecule has 0 spiro atoms. The van der Waals surface area contributed by atoms with E-state index in [0.717, 1.165) is 11.1 Å². The van der Waals surface area contributed by atoms with E-state index in [4.69, 9.17) is 20.9 Å². The number of anilines is 2. The number of hydrogen-bond acceptors (Lipinski definition) is 9. The Morgan fingerprint density at radius 1 is 1.05 bits per heavy atom. The summed E-state index contributed by atoms with van der Waals surface area (Å²) in [6.45, 7) is 7.40. The average Bonchev–Trinajstić information content (AvgIpc) is 3.30. The molecule has 3 rings (SSSR count). The summed E-state index contributed by atoms with van der Waals surface area (Å²) in [4.78, 5) is 53.0. The number of rotatable bonds is 11. The zero-order chi connectivity index (χ0) is 28.7. The van der Waals surface area contributed by atoms with Gasteiger partial charge in [0.25, 0.3) is 11.8 Å². The summed E-state index contributed by atoms with van der Waals surface area (Å²) in [5.74, 6) is -2.24. The summed E-state index contributed by atoms with van der Waals surface area (Å²) < 4.78 is 14.4. The molecule has 0 unspecified atom stereocenters. The number of primary amides is 1. The molecule has 206 valence electrons. The Balaban J connectivity index is 2.21. The van der Waals surface area contributed by atoms with E-state index in [9.17, 15) is 19.2 Å². The van der Waals surface area contributed by atoms with Crippen LogP contribution in [0.1, 0.15) is 56.7 Å². The number of nitrogens with zero attached hydrogens (tertiary/aromatic N) is 2. The van der Waals surface area contributed by atoms with Crippen LogP contribution in [0.3, 0.4) is 0 Å². The molecule has 5 N–H and O–H groups in total. The normalized spacial score (nSPS) is 11.4. The lowest BCUT2D eigenvalue weighted by Gasteiger charge is -2.32. The van der Waals surface area contributed by atoms with Crippen molar-refractivity contribution in [2.75, 3.05) is 30.4 Å². The van der Waals surface area contributed by atoms with Crippen molar-refractivity contribution in [3.8, 4) is 5.75 Å². The van der Waals surface area contributed by atoms with E-state index in [0.29, 0.717) is 35.1 Å². The minimum atomic E-state index is -1.25. The SMILES string of the molecule is CCOC(=O)CNC(=O)[C@H](c1ccc(OCC)cc1)N(C(=O)c1snc(C(N)=O)c1N)c1cccc(C)c1C. The summed E-state index contributed by atoms with van der Waals surface area (Å²) in [5.41, 5.74) is 13.6. The third kappa shape index (κ3) is 6.52. The highest BCUT2D eigenvalue weighted by Crippen LogP contribution is 2.36. The van der Waals surface area contributed by atoms with Gasteiger partial charge in [0, 0.05) is 5.69 Å². The highest BCUT2D eigenvalue weighted by atomic mass is 32.1. The predicted molar refractivity (Wildman–Crippen MR) is 148 cm³/mol. The number of amides is 3. The van der Waals surface area contributed by atoms with E-state index in [2.05, 4.69) is 9.69 Å². The second-order valence-corrected chi connectivity index (χ2v) is 9.23.